The van der Waals surface area contributed by atoms with E-state index in [2.05, 4.69) is 22.4 Å². The Balaban J connectivity index is 1.25. The Morgan fingerprint density at radius 1 is 1.22 bits per heavy atom. The molecule has 0 aromatic carbocycles. The molecule has 2 fully saturated rings. The van der Waals surface area contributed by atoms with Crippen molar-refractivity contribution in [1.29, 1.82) is 0 Å². The topological polar surface area (TPSA) is 24.9 Å². The van der Waals surface area contributed by atoms with Gasteiger partial charge in [0.05, 0.1) is 0 Å². The van der Waals surface area contributed by atoms with E-state index in [0.29, 0.717) is 0 Å². The minimum Gasteiger partial charge on any atom is -0.316 e. The molecule has 18 heavy (non-hydrogen) atoms. The summed E-state index contributed by atoms with van der Waals surface area (Å²) in [6, 6.07) is 6.21. The third kappa shape index (κ3) is 2.74. The van der Waals surface area contributed by atoms with E-state index in [9.17, 15) is 0 Å². The molecule has 2 heterocycles. The lowest BCUT2D eigenvalue weighted by atomic mass is 9.97. The second kappa shape index (κ2) is 5.40. The normalized spacial score (nSPS) is 29.2. The minimum atomic E-state index is 0.751. The van der Waals surface area contributed by atoms with E-state index in [0.717, 1.165) is 17.8 Å². The maximum Gasteiger partial charge on any atom is 0.0403 e. The Kier molecular flexibility index (Phi) is 3.64. The number of piperidine rings is 1. The summed E-state index contributed by atoms with van der Waals surface area (Å²) >= 11 is 0. The lowest BCUT2D eigenvalue weighted by molar-refractivity contribution is 0.437. The number of nitrogens with zero attached hydrogens (tertiary/aromatic N) is 1. The van der Waals surface area contributed by atoms with Crippen LogP contribution in [0, 0.1) is 11.3 Å². The first kappa shape index (κ1) is 12.2. The Hall–Kier alpha value is -0.890. The molecule has 1 aromatic rings. The van der Waals surface area contributed by atoms with Crippen LogP contribution in [0.2, 0.25) is 0 Å². The highest BCUT2D eigenvalue weighted by Crippen LogP contribution is 2.58. The van der Waals surface area contributed by atoms with Crippen molar-refractivity contribution in [3.05, 3.63) is 30.1 Å². The fourth-order valence-electron chi connectivity index (χ4n) is 3.51. The van der Waals surface area contributed by atoms with Gasteiger partial charge in [-0.3, -0.25) is 4.98 Å². The van der Waals surface area contributed by atoms with Crippen molar-refractivity contribution < 1.29 is 0 Å². The molecular formula is C16H24N2. The fraction of sp³-hybridized carbons (Fsp3) is 0.688. The highest BCUT2D eigenvalue weighted by atomic mass is 15.0. The van der Waals surface area contributed by atoms with E-state index in [1.165, 1.54) is 57.3 Å². The first-order valence-corrected chi connectivity index (χ1v) is 7.50. The fourth-order valence-corrected chi connectivity index (χ4v) is 3.51. The SMILES string of the molecule is c1ccc(CCCCCCC23CNCC2C3)nc1. The number of unbranched alkanes of at least 4 members (excludes halogenated alkanes) is 3. The lowest BCUT2D eigenvalue weighted by Gasteiger charge is -2.10. The second-order valence-electron chi connectivity index (χ2n) is 6.13. The van der Waals surface area contributed by atoms with Gasteiger partial charge in [-0.15, -0.1) is 0 Å². The molecule has 1 N–H and O–H groups in total. The minimum absolute atomic E-state index is 0.751. The Morgan fingerprint density at radius 2 is 2.17 bits per heavy atom. The van der Waals surface area contributed by atoms with E-state index < -0.39 is 0 Å². The van der Waals surface area contributed by atoms with Gasteiger partial charge in [0.1, 0.15) is 0 Å². The third-order valence-corrected chi connectivity index (χ3v) is 4.81. The van der Waals surface area contributed by atoms with Gasteiger partial charge in [-0.05, 0) is 55.7 Å². The van der Waals surface area contributed by atoms with Crippen LogP contribution >= 0.6 is 0 Å². The van der Waals surface area contributed by atoms with Gasteiger partial charge in [0, 0.05) is 18.4 Å². The Labute approximate surface area is 110 Å². The number of hydrogen-bond acceptors (Lipinski definition) is 2. The molecule has 1 aliphatic carbocycles. The molecule has 98 valence electrons. The van der Waals surface area contributed by atoms with Gasteiger partial charge in [-0.25, -0.2) is 0 Å². The molecule has 2 unspecified atom stereocenters. The molecule has 1 saturated heterocycles. The van der Waals surface area contributed by atoms with Crippen LogP contribution in [-0.4, -0.2) is 18.1 Å². The highest BCUT2D eigenvalue weighted by Gasteiger charge is 2.55. The zero-order chi connectivity index (χ0) is 12.3. The molecular weight excluding hydrogens is 220 g/mol. The third-order valence-electron chi connectivity index (χ3n) is 4.81. The summed E-state index contributed by atoms with van der Waals surface area (Å²) in [5, 5.41) is 3.53. The molecule has 0 radical (unpaired) electrons. The number of aromatic nitrogens is 1. The standard InChI is InChI=1S/C16H24N2/c1(3-7-15-8-4-6-10-18-15)2-5-9-16-11-14(16)12-17-13-16/h4,6,8,10,14,17H,1-3,5,7,9,11-13H2. The van der Waals surface area contributed by atoms with Crippen molar-refractivity contribution in [1.82, 2.24) is 10.3 Å². The maximum absolute atomic E-state index is 4.37. The van der Waals surface area contributed by atoms with Gasteiger partial charge >= 0.3 is 0 Å². The molecule has 0 spiro atoms. The molecule has 1 aliphatic heterocycles. The molecule has 3 rings (SSSR count). The number of rotatable bonds is 7. The number of aryl methyl sites for hydroxylation is 1. The van der Waals surface area contributed by atoms with E-state index in [1.54, 1.807) is 0 Å². The van der Waals surface area contributed by atoms with Crippen molar-refractivity contribution in [2.45, 2.75) is 44.9 Å². The predicted octanol–water partition coefficient (Wildman–Crippen LogP) is 3.18. The number of nitrogens with one attached hydrogen (secondary N) is 1. The van der Waals surface area contributed by atoms with Crippen molar-refractivity contribution in [3.8, 4) is 0 Å². The summed E-state index contributed by atoms with van der Waals surface area (Å²) in [4.78, 5) is 4.37. The first-order chi connectivity index (χ1) is 8.89. The van der Waals surface area contributed by atoms with E-state index in [1.807, 2.05) is 12.3 Å². The van der Waals surface area contributed by atoms with Crippen LogP contribution in [0.4, 0.5) is 0 Å². The quantitative estimate of drug-likeness (QED) is 0.745. The van der Waals surface area contributed by atoms with Crippen molar-refractivity contribution in [3.63, 3.8) is 0 Å². The summed E-state index contributed by atoms with van der Waals surface area (Å²) in [6.45, 7) is 2.59. The summed E-state index contributed by atoms with van der Waals surface area (Å²) in [5.41, 5.74) is 2.00. The Morgan fingerprint density at radius 3 is 2.89 bits per heavy atom. The van der Waals surface area contributed by atoms with E-state index in [-0.39, 0.29) is 0 Å². The molecule has 0 amide bonds. The van der Waals surface area contributed by atoms with Gasteiger partial charge in [0.25, 0.3) is 0 Å². The second-order valence-corrected chi connectivity index (χ2v) is 6.13. The summed E-state index contributed by atoms with van der Waals surface area (Å²) in [7, 11) is 0. The van der Waals surface area contributed by atoms with Crippen molar-refractivity contribution in [2.24, 2.45) is 11.3 Å². The van der Waals surface area contributed by atoms with Gasteiger partial charge in [0.2, 0.25) is 0 Å². The number of hydrogen-bond donors (Lipinski definition) is 1. The largest absolute Gasteiger partial charge is 0.316 e. The monoisotopic (exact) mass is 244 g/mol. The van der Waals surface area contributed by atoms with Crippen LogP contribution in [0.5, 0.6) is 0 Å². The van der Waals surface area contributed by atoms with Gasteiger partial charge in [-0.2, -0.15) is 0 Å². The van der Waals surface area contributed by atoms with Crippen molar-refractivity contribution in [2.75, 3.05) is 13.1 Å². The number of fused-ring (bicyclic) bond motifs is 1. The highest BCUT2D eigenvalue weighted by molar-refractivity contribution is 5.08. The zero-order valence-electron chi connectivity index (χ0n) is 11.2. The predicted molar refractivity (Wildman–Crippen MR) is 74.4 cm³/mol. The maximum atomic E-state index is 4.37. The molecule has 2 heteroatoms. The van der Waals surface area contributed by atoms with Gasteiger partial charge in [0.15, 0.2) is 0 Å². The van der Waals surface area contributed by atoms with Crippen molar-refractivity contribution >= 4 is 0 Å². The van der Waals surface area contributed by atoms with Gasteiger partial charge in [-0.1, -0.05) is 25.3 Å². The van der Waals surface area contributed by atoms with Crippen LogP contribution in [0.3, 0.4) is 0 Å². The molecule has 1 saturated carbocycles. The van der Waals surface area contributed by atoms with Crippen LogP contribution in [0.25, 0.3) is 0 Å². The smallest absolute Gasteiger partial charge is 0.0403 e. The van der Waals surface area contributed by atoms with Gasteiger partial charge < -0.3 is 5.32 Å². The zero-order valence-corrected chi connectivity index (χ0v) is 11.2. The molecule has 1 aromatic heterocycles. The molecule has 0 bridgehead atoms. The Bertz CT molecular complexity index is 376. The average molecular weight is 244 g/mol. The summed E-state index contributed by atoms with van der Waals surface area (Å²) in [5.74, 6) is 1.03. The van der Waals surface area contributed by atoms with E-state index in [4.69, 9.17) is 0 Å². The molecule has 2 aliphatic rings. The molecule has 2 atom stereocenters. The summed E-state index contributed by atoms with van der Waals surface area (Å²) < 4.78 is 0. The molecule has 2 nitrogen and oxygen atoms in total. The average Bonchev–Trinajstić information content (AvgIpc) is 2.96. The van der Waals surface area contributed by atoms with Crippen LogP contribution in [0.1, 0.15) is 44.2 Å². The number of pyridine rings is 1. The van der Waals surface area contributed by atoms with E-state index >= 15 is 0 Å². The van der Waals surface area contributed by atoms with Crippen LogP contribution in [-0.2, 0) is 6.42 Å². The summed E-state index contributed by atoms with van der Waals surface area (Å²) in [6.07, 6.45) is 11.5. The van der Waals surface area contributed by atoms with Crippen LogP contribution in [0.15, 0.2) is 24.4 Å². The first-order valence-electron chi connectivity index (χ1n) is 7.50. The van der Waals surface area contributed by atoms with Crippen LogP contribution < -0.4 is 5.32 Å². The lowest BCUT2D eigenvalue weighted by Crippen LogP contribution is -2.16.